The number of aryl methyl sites for hydroxylation is 3. The first-order valence-electron chi connectivity index (χ1n) is 7.61. The van der Waals surface area contributed by atoms with E-state index in [0.29, 0.717) is 0 Å². The van der Waals surface area contributed by atoms with Gasteiger partial charge in [-0.05, 0) is 49.6 Å². The molecule has 0 aliphatic rings. The van der Waals surface area contributed by atoms with Gasteiger partial charge in [0, 0.05) is 5.69 Å². The fraction of sp³-hybridized carbons (Fsp3) is 0.316. The number of ether oxygens (including phenoxy) is 1. The van der Waals surface area contributed by atoms with E-state index in [1.165, 1.54) is 11.1 Å². The number of hydrogen-bond acceptors (Lipinski definition) is 2. The number of nitrogens with one attached hydrogen (secondary N) is 1. The summed E-state index contributed by atoms with van der Waals surface area (Å²) >= 11 is 0. The lowest BCUT2D eigenvalue weighted by molar-refractivity contribution is 0.155. The smallest absolute Gasteiger partial charge is 0.411 e. The van der Waals surface area contributed by atoms with Gasteiger partial charge in [0.25, 0.3) is 0 Å². The van der Waals surface area contributed by atoms with Gasteiger partial charge in [0.2, 0.25) is 0 Å². The normalized spacial score (nSPS) is 9.50. The first-order chi connectivity index (χ1) is 10.5. The highest BCUT2D eigenvalue weighted by atomic mass is 16.5. The molecule has 2 aromatic carbocycles. The van der Waals surface area contributed by atoms with Crippen LogP contribution in [0.3, 0.4) is 0 Å². The molecule has 2 rings (SSSR count). The maximum Gasteiger partial charge on any atom is 0.411 e. The predicted octanol–water partition coefficient (Wildman–Crippen LogP) is 5.39. The van der Waals surface area contributed by atoms with E-state index in [1.807, 2.05) is 77.1 Å². The van der Waals surface area contributed by atoms with Crippen molar-refractivity contribution in [2.45, 2.75) is 41.2 Å². The van der Waals surface area contributed by atoms with Gasteiger partial charge in [-0.25, -0.2) is 4.79 Å². The van der Waals surface area contributed by atoms with Crippen molar-refractivity contribution in [3.05, 3.63) is 64.7 Å². The molecule has 1 N–H and O–H groups in total. The molecule has 0 spiro atoms. The number of rotatable bonds is 3. The topological polar surface area (TPSA) is 38.3 Å². The Morgan fingerprint density at radius 2 is 1.59 bits per heavy atom. The molecule has 0 atom stereocenters. The fourth-order valence-electron chi connectivity index (χ4n) is 1.81. The van der Waals surface area contributed by atoms with Crippen LogP contribution >= 0.6 is 0 Å². The Kier molecular flexibility index (Phi) is 7.17. The lowest BCUT2D eigenvalue weighted by atomic mass is 10.1. The number of benzene rings is 2. The maximum absolute atomic E-state index is 11.7. The molecule has 3 nitrogen and oxygen atoms in total. The standard InChI is InChI=1S/C17H19NO2.C2H6/c1-12-4-7-15(8-5-12)11-20-17(19)18-16-9-6-13(2)14(3)10-16;1-2/h4-10H,11H2,1-3H3,(H,18,19);1-2H3. The SMILES string of the molecule is CC.Cc1ccc(COC(=O)Nc2ccc(C)c(C)c2)cc1. The van der Waals surface area contributed by atoms with E-state index in [0.717, 1.165) is 16.8 Å². The highest BCUT2D eigenvalue weighted by Gasteiger charge is 2.04. The molecule has 0 aliphatic heterocycles. The Bertz CT molecular complexity index is 603. The van der Waals surface area contributed by atoms with Gasteiger partial charge in [0.1, 0.15) is 6.61 Å². The van der Waals surface area contributed by atoms with Crippen LogP contribution < -0.4 is 5.32 Å². The molecule has 0 saturated carbocycles. The fourth-order valence-corrected chi connectivity index (χ4v) is 1.81. The zero-order valence-electron chi connectivity index (χ0n) is 14.1. The largest absolute Gasteiger partial charge is 0.444 e. The number of anilines is 1. The van der Waals surface area contributed by atoms with E-state index in [-0.39, 0.29) is 6.61 Å². The number of amides is 1. The van der Waals surface area contributed by atoms with Crippen molar-refractivity contribution in [1.82, 2.24) is 0 Å². The van der Waals surface area contributed by atoms with E-state index < -0.39 is 6.09 Å². The van der Waals surface area contributed by atoms with Crippen LogP contribution in [0.2, 0.25) is 0 Å². The summed E-state index contributed by atoms with van der Waals surface area (Å²) in [7, 11) is 0. The lowest BCUT2D eigenvalue weighted by Gasteiger charge is -2.09. The Hall–Kier alpha value is -2.29. The van der Waals surface area contributed by atoms with Crippen molar-refractivity contribution in [3.8, 4) is 0 Å². The molecule has 0 aliphatic carbocycles. The van der Waals surface area contributed by atoms with Gasteiger partial charge >= 0.3 is 6.09 Å². The summed E-state index contributed by atoms with van der Waals surface area (Å²) in [4.78, 5) is 11.7. The summed E-state index contributed by atoms with van der Waals surface area (Å²) in [5, 5.41) is 2.73. The minimum atomic E-state index is -0.436. The predicted molar refractivity (Wildman–Crippen MR) is 92.3 cm³/mol. The summed E-state index contributed by atoms with van der Waals surface area (Å²) in [6.07, 6.45) is -0.436. The maximum atomic E-state index is 11.7. The van der Waals surface area contributed by atoms with Crippen molar-refractivity contribution in [3.63, 3.8) is 0 Å². The van der Waals surface area contributed by atoms with Crippen LogP contribution in [-0.2, 0) is 11.3 Å². The van der Waals surface area contributed by atoms with Gasteiger partial charge in [-0.15, -0.1) is 0 Å². The second kappa shape index (κ2) is 8.88. The Morgan fingerprint density at radius 1 is 0.955 bits per heavy atom. The van der Waals surface area contributed by atoms with E-state index >= 15 is 0 Å². The molecule has 0 unspecified atom stereocenters. The van der Waals surface area contributed by atoms with Crippen LogP contribution in [0, 0.1) is 20.8 Å². The summed E-state index contributed by atoms with van der Waals surface area (Å²) in [6, 6.07) is 13.7. The van der Waals surface area contributed by atoms with Gasteiger partial charge in [-0.1, -0.05) is 49.7 Å². The van der Waals surface area contributed by atoms with Crippen LogP contribution in [-0.4, -0.2) is 6.09 Å². The van der Waals surface area contributed by atoms with Gasteiger partial charge < -0.3 is 4.74 Å². The monoisotopic (exact) mass is 299 g/mol. The quantitative estimate of drug-likeness (QED) is 0.825. The third-order valence-corrected chi connectivity index (χ3v) is 3.24. The van der Waals surface area contributed by atoms with E-state index in [4.69, 9.17) is 4.74 Å². The molecule has 0 fully saturated rings. The van der Waals surface area contributed by atoms with Crippen LogP contribution in [0.1, 0.15) is 36.1 Å². The zero-order chi connectivity index (χ0) is 16.5. The van der Waals surface area contributed by atoms with Crippen molar-refractivity contribution in [1.29, 1.82) is 0 Å². The molecule has 0 bridgehead atoms. The van der Waals surface area contributed by atoms with Crippen LogP contribution in [0.25, 0.3) is 0 Å². The van der Waals surface area contributed by atoms with Crippen molar-refractivity contribution >= 4 is 11.8 Å². The molecule has 22 heavy (non-hydrogen) atoms. The molecule has 0 saturated heterocycles. The molecule has 0 heterocycles. The molecular weight excluding hydrogens is 274 g/mol. The number of carbonyl (C=O) groups excluding carboxylic acids is 1. The summed E-state index contributed by atoms with van der Waals surface area (Å²) in [5.41, 5.74) is 5.26. The van der Waals surface area contributed by atoms with Crippen LogP contribution in [0.5, 0.6) is 0 Å². The summed E-state index contributed by atoms with van der Waals surface area (Å²) in [5.74, 6) is 0. The Labute approximate surface area is 133 Å². The first kappa shape index (κ1) is 17.8. The molecule has 3 heteroatoms. The first-order valence-corrected chi connectivity index (χ1v) is 7.61. The van der Waals surface area contributed by atoms with Crippen molar-refractivity contribution in [2.24, 2.45) is 0 Å². The van der Waals surface area contributed by atoms with Gasteiger partial charge in [-0.3, -0.25) is 5.32 Å². The lowest BCUT2D eigenvalue weighted by Crippen LogP contribution is -2.13. The van der Waals surface area contributed by atoms with Crippen LogP contribution in [0.15, 0.2) is 42.5 Å². The van der Waals surface area contributed by atoms with Gasteiger partial charge in [-0.2, -0.15) is 0 Å². The molecule has 2 aromatic rings. The molecule has 0 aromatic heterocycles. The van der Waals surface area contributed by atoms with Crippen molar-refractivity contribution in [2.75, 3.05) is 5.32 Å². The van der Waals surface area contributed by atoms with E-state index in [9.17, 15) is 4.79 Å². The van der Waals surface area contributed by atoms with Crippen molar-refractivity contribution < 1.29 is 9.53 Å². The average molecular weight is 299 g/mol. The average Bonchev–Trinajstić information content (AvgIpc) is 2.52. The minimum Gasteiger partial charge on any atom is -0.444 e. The van der Waals surface area contributed by atoms with Crippen LogP contribution in [0.4, 0.5) is 10.5 Å². The molecule has 118 valence electrons. The molecule has 1 amide bonds. The third kappa shape index (κ3) is 5.60. The van der Waals surface area contributed by atoms with Gasteiger partial charge in [0.15, 0.2) is 0 Å². The highest BCUT2D eigenvalue weighted by molar-refractivity contribution is 5.84. The highest BCUT2D eigenvalue weighted by Crippen LogP contribution is 2.14. The van der Waals surface area contributed by atoms with E-state index in [1.54, 1.807) is 0 Å². The number of carbonyl (C=O) groups is 1. The Morgan fingerprint density at radius 3 is 2.18 bits per heavy atom. The summed E-state index contributed by atoms with van der Waals surface area (Å²) < 4.78 is 5.19. The number of hydrogen-bond donors (Lipinski definition) is 1. The van der Waals surface area contributed by atoms with E-state index in [2.05, 4.69) is 5.32 Å². The molecular formula is C19H25NO2. The second-order valence-corrected chi connectivity index (χ2v) is 4.99. The third-order valence-electron chi connectivity index (χ3n) is 3.24. The minimum absolute atomic E-state index is 0.275. The summed E-state index contributed by atoms with van der Waals surface area (Å²) in [6.45, 7) is 10.3. The second-order valence-electron chi connectivity index (χ2n) is 4.99. The zero-order valence-corrected chi connectivity index (χ0v) is 14.1. The Balaban J connectivity index is 0.00000116. The molecule has 0 radical (unpaired) electrons. The van der Waals surface area contributed by atoms with Gasteiger partial charge in [0.05, 0.1) is 0 Å².